The maximum absolute atomic E-state index is 11.3. The summed E-state index contributed by atoms with van der Waals surface area (Å²) < 4.78 is 4.54. The maximum Gasteiger partial charge on any atom is 0.314 e. The average molecular weight is 199 g/mol. The van der Waals surface area contributed by atoms with Gasteiger partial charge in [-0.2, -0.15) is 5.16 Å². The molecule has 0 aromatic carbocycles. The number of nitrogens with zero attached hydrogens (tertiary/aromatic N) is 1. The Hall–Kier alpha value is -1.27. The molecule has 1 aromatic rings. The smallest absolute Gasteiger partial charge is 0.314 e. The number of H-pyrrole nitrogens is 1. The Morgan fingerprint density at radius 3 is 3.00 bits per heavy atom. The Kier molecular flexibility index (Phi) is 2.30. The van der Waals surface area contributed by atoms with Gasteiger partial charge in [-0.15, -0.1) is 0 Å². The number of hydrogen-bond acceptors (Lipinski definition) is 5. The summed E-state index contributed by atoms with van der Waals surface area (Å²) in [6.45, 7) is 2.43. The summed E-state index contributed by atoms with van der Waals surface area (Å²) in [6, 6.07) is -0.156. The first-order chi connectivity index (χ1) is 6.68. The molecule has 1 fully saturated rings. The van der Waals surface area contributed by atoms with Crippen LogP contribution in [0.25, 0.3) is 0 Å². The second kappa shape index (κ2) is 3.47. The van der Waals surface area contributed by atoms with E-state index in [2.05, 4.69) is 19.9 Å². The van der Waals surface area contributed by atoms with Crippen LogP contribution in [-0.4, -0.2) is 41.8 Å². The van der Waals surface area contributed by atoms with Crippen LogP contribution in [0.5, 0.6) is 5.95 Å². The first-order valence-corrected chi connectivity index (χ1v) is 4.50. The van der Waals surface area contributed by atoms with Crippen LogP contribution in [0.15, 0.2) is 9.32 Å². The molecule has 3 N–H and O–H groups in total. The van der Waals surface area contributed by atoms with Crippen LogP contribution in [0.2, 0.25) is 0 Å². The zero-order valence-corrected chi connectivity index (χ0v) is 7.91. The molecule has 0 spiro atoms. The van der Waals surface area contributed by atoms with Gasteiger partial charge in [0.1, 0.15) is 5.56 Å². The van der Waals surface area contributed by atoms with E-state index in [4.69, 9.17) is 0 Å². The fourth-order valence-electron chi connectivity index (χ4n) is 1.70. The molecule has 1 saturated heterocycles. The lowest BCUT2D eigenvalue weighted by molar-refractivity contribution is 0.229. The molecular weight excluding hydrogens is 186 g/mol. The summed E-state index contributed by atoms with van der Waals surface area (Å²) in [5, 5.41) is 14.6. The highest BCUT2D eigenvalue weighted by Gasteiger charge is 2.26. The fourth-order valence-corrected chi connectivity index (χ4v) is 1.70. The van der Waals surface area contributed by atoms with Gasteiger partial charge < -0.3 is 19.8 Å². The van der Waals surface area contributed by atoms with E-state index in [9.17, 15) is 9.90 Å². The van der Waals surface area contributed by atoms with E-state index >= 15 is 0 Å². The van der Waals surface area contributed by atoms with Gasteiger partial charge in [0.2, 0.25) is 0 Å². The number of piperazine rings is 1. The summed E-state index contributed by atoms with van der Waals surface area (Å²) in [7, 11) is 1.97. The minimum absolute atomic E-state index is 0.156. The van der Waals surface area contributed by atoms with Crippen LogP contribution in [0.1, 0.15) is 11.6 Å². The zero-order chi connectivity index (χ0) is 10.1. The lowest BCUT2D eigenvalue weighted by Crippen LogP contribution is -2.44. The van der Waals surface area contributed by atoms with Crippen LogP contribution in [0.4, 0.5) is 0 Å². The van der Waals surface area contributed by atoms with Gasteiger partial charge >= 0.3 is 5.95 Å². The van der Waals surface area contributed by atoms with Gasteiger partial charge in [0.15, 0.2) is 0 Å². The summed E-state index contributed by atoms with van der Waals surface area (Å²) in [6.07, 6.45) is 0. The summed E-state index contributed by atoms with van der Waals surface area (Å²) in [5.41, 5.74) is -0.0770. The van der Waals surface area contributed by atoms with Crippen LogP contribution in [0.3, 0.4) is 0 Å². The molecule has 1 unspecified atom stereocenters. The number of aromatic amines is 1. The van der Waals surface area contributed by atoms with Gasteiger partial charge in [-0.3, -0.25) is 4.79 Å². The van der Waals surface area contributed by atoms with E-state index in [1.807, 2.05) is 7.05 Å². The van der Waals surface area contributed by atoms with Gasteiger partial charge in [-0.25, -0.2) is 0 Å². The van der Waals surface area contributed by atoms with E-state index in [-0.39, 0.29) is 23.1 Å². The lowest BCUT2D eigenvalue weighted by atomic mass is 10.1. The highest BCUT2D eigenvalue weighted by Crippen LogP contribution is 2.21. The Morgan fingerprint density at radius 1 is 1.64 bits per heavy atom. The largest absolute Gasteiger partial charge is 0.479 e. The summed E-state index contributed by atoms with van der Waals surface area (Å²) in [5.74, 6) is -0.317. The predicted molar refractivity (Wildman–Crippen MR) is 49.2 cm³/mol. The third-order valence-electron chi connectivity index (χ3n) is 2.44. The number of nitrogens with one attached hydrogen (secondary N) is 2. The highest BCUT2D eigenvalue weighted by atomic mass is 16.6. The van der Waals surface area contributed by atoms with Crippen molar-refractivity contribution in [3.8, 4) is 5.95 Å². The average Bonchev–Trinajstić information content (AvgIpc) is 2.46. The first-order valence-electron chi connectivity index (χ1n) is 4.50. The second-order valence-corrected chi connectivity index (χ2v) is 3.52. The Bertz CT molecular complexity index is 370. The number of aromatic nitrogens is 1. The van der Waals surface area contributed by atoms with Gasteiger partial charge in [0.25, 0.3) is 5.56 Å². The van der Waals surface area contributed by atoms with Crippen LogP contribution >= 0.6 is 0 Å². The van der Waals surface area contributed by atoms with Gasteiger partial charge in [0, 0.05) is 19.6 Å². The van der Waals surface area contributed by atoms with Crippen molar-refractivity contribution in [1.29, 1.82) is 0 Å². The summed E-state index contributed by atoms with van der Waals surface area (Å²) >= 11 is 0. The molecule has 1 aliphatic rings. The molecule has 0 radical (unpaired) electrons. The first kappa shape index (κ1) is 9.29. The van der Waals surface area contributed by atoms with Crippen molar-refractivity contribution in [1.82, 2.24) is 15.4 Å². The Labute approximate surface area is 80.5 Å². The van der Waals surface area contributed by atoms with Crippen LogP contribution < -0.4 is 10.9 Å². The van der Waals surface area contributed by atoms with Crippen molar-refractivity contribution in [2.24, 2.45) is 0 Å². The minimum atomic E-state index is -0.365. The monoisotopic (exact) mass is 199 g/mol. The number of hydrogen-bond donors (Lipinski definition) is 3. The highest BCUT2D eigenvalue weighted by molar-refractivity contribution is 5.23. The molecule has 6 nitrogen and oxygen atoms in total. The van der Waals surface area contributed by atoms with Crippen molar-refractivity contribution >= 4 is 0 Å². The van der Waals surface area contributed by atoms with E-state index in [0.29, 0.717) is 6.54 Å². The normalized spacial score (nSPS) is 23.9. The SMILES string of the molecule is CN1CCNC(c2c(O)o[nH]c2=O)C1. The van der Waals surface area contributed by atoms with Crippen molar-refractivity contribution in [2.45, 2.75) is 6.04 Å². The van der Waals surface area contributed by atoms with E-state index in [1.165, 1.54) is 0 Å². The number of aromatic hydroxyl groups is 1. The van der Waals surface area contributed by atoms with Crippen molar-refractivity contribution in [3.05, 3.63) is 15.9 Å². The standard InChI is InChI=1S/C8H13N3O3/c1-11-3-2-9-5(4-11)6-7(12)10-14-8(6)13/h5,9,13H,2-4H2,1H3,(H,10,12). The molecule has 0 aliphatic carbocycles. The molecule has 78 valence electrons. The van der Waals surface area contributed by atoms with Gasteiger partial charge in [-0.05, 0) is 7.05 Å². The van der Waals surface area contributed by atoms with E-state index in [0.717, 1.165) is 13.1 Å². The third kappa shape index (κ3) is 1.53. The molecule has 2 heterocycles. The predicted octanol–water partition coefficient (Wildman–Crippen LogP) is -0.750. The van der Waals surface area contributed by atoms with Crippen LogP contribution in [-0.2, 0) is 0 Å². The molecule has 1 atom stereocenters. The Morgan fingerprint density at radius 2 is 2.43 bits per heavy atom. The molecule has 0 bridgehead atoms. The molecule has 1 aliphatic heterocycles. The van der Waals surface area contributed by atoms with Crippen molar-refractivity contribution < 1.29 is 9.63 Å². The van der Waals surface area contributed by atoms with Crippen LogP contribution in [0, 0.1) is 0 Å². The van der Waals surface area contributed by atoms with E-state index in [1.54, 1.807) is 0 Å². The molecule has 0 amide bonds. The van der Waals surface area contributed by atoms with Gasteiger partial charge in [0.05, 0.1) is 6.04 Å². The quantitative estimate of drug-likeness (QED) is 0.554. The number of rotatable bonds is 1. The minimum Gasteiger partial charge on any atom is -0.479 e. The fraction of sp³-hybridized carbons (Fsp3) is 0.625. The maximum atomic E-state index is 11.3. The second-order valence-electron chi connectivity index (χ2n) is 3.52. The van der Waals surface area contributed by atoms with Crippen molar-refractivity contribution in [3.63, 3.8) is 0 Å². The molecular formula is C8H13N3O3. The topological polar surface area (TPSA) is 81.5 Å². The third-order valence-corrected chi connectivity index (χ3v) is 2.44. The summed E-state index contributed by atoms with van der Waals surface area (Å²) in [4.78, 5) is 13.4. The lowest BCUT2D eigenvalue weighted by Gasteiger charge is -2.29. The number of likely N-dealkylation sites (N-methyl/N-ethyl adjacent to an activating group) is 1. The molecule has 6 heteroatoms. The molecule has 1 aromatic heterocycles. The Balaban J connectivity index is 2.26. The van der Waals surface area contributed by atoms with Crippen molar-refractivity contribution in [2.75, 3.05) is 26.7 Å². The van der Waals surface area contributed by atoms with E-state index < -0.39 is 0 Å². The molecule has 14 heavy (non-hydrogen) atoms. The molecule has 0 saturated carbocycles. The molecule has 2 rings (SSSR count). The zero-order valence-electron chi connectivity index (χ0n) is 7.91. The van der Waals surface area contributed by atoms with Gasteiger partial charge in [-0.1, -0.05) is 0 Å².